The van der Waals surface area contributed by atoms with Crippen LogP contribution in [-0.2, 0) is 0 Å². The maximum Gasteiger partial charge on any atom is 0.270 e. The molecule has 0 saturated carbocycles. The van der Waals surface area contributed by atoms with Gasteiger partial charge in [0.2, 0.25) is 0 Å². The molecule has 5 nitrogen and oxygen atoms in total. The molecule has 0 bridgehead atoms. The summed E-state index contributed by atoms with van der Waals surface area (Å²) in [5, 5.41) is 10.4. The smallest absolute Gasteiger partial charge is 0.270 e. The summed E-state index contributed by atoms with van der Waals surface area (Å²) in [5.41, 5.74) is 4.60. The van der Waals surface area contributed by atoms with Crippen LogP contribution >= 0.6 is 0 Å². The van der Waals surface area contributed by atoms with Crippen molar-refractivity contribution in [1.29, 1.82) is 0 Å². The van der Waals surface area contributed by atoms with Crippen molar-refractivity contribution in [1.82, 2.24) is 0 Å². The van der Waals surface area contributed by atoms with Gasteiger partial charge in [0.1, 0.15) is 5.82 Å². The molecule has 0 aliphatic rings. The number of Topliss-reactive ketones (excluding diaryl/α,β-unsaturated/α-hetero) is 1. The van der Waals surface area contributed by atoms with Gasteiger partial charge in [-0.15, -0.1) is 0 Å². The molecule has 0 amide bonds. The highest BCUT2D eigenvalue weighted by atomic mass is 19.1. The normalized spacial score (nSPS) is 12.2. The highest BCUT2D eigenvalue weighted by Crippen LogP contribution is 2.17. The molecule has 2 N–H and O–H groups in total. The molecule has 1 rings (SSSR count). The Hall–Kier alpha value is -1.82. The van der Waals surface area contributed by atoms with Crippen LogP contribution in [0.4, 0.5) is 10.1 Å². The minimum Gasteiger partial charge on any atom is -0.321 e. The van der Waals surface area contributed by atoms with E-state index in [9.17, 15) is 19.3 Å². The van der Waals surface area contributed by atoms with Crippen LogP contribution in [0, 0.1) is 15.9 Å². The number of carbonyl (C=O) groups excluding carboxylic acids is 1. The molecule has 0 saturated heterocycles. The summed E-state index contributed by atoms with van der Waals surface area (Å²) in [6, 6.07) is 1.88. The molecule has 1 aromatic carbocycles. The first kappa shape index (κ1) is 11.3. The van der Waals surface area contributed by atoms with Crippen molar-refractivity contribution in [2.24, 2.45) is 5.73 Å². The van der Waals surface area contributed by atoms with Crippen LogP contribution in [0.3, 0.4) is 0 Å². The summed E-state index contributed by atoms with van der Waals surface area (Å²) >= 11 is 0. The quantitative estimate of drug-likeness (QED) is 0.464. The molecule has 80 valence electrons. The molecular weight excluding hydrogens is 203 g/mol. The number of benzene rings is 1. The number of nitro groups is 1. The Kier molecular flexibility index (Phi) is 3.11. The largest absolute Gasteiger partial charge is 0.321 e. The fraction of sp³-hybridized carbons (Fsp3) is 0.222. The lowest BCUT2D eigenvalue weighted by Gasteiger charge is -2.04. The van der Waals surface area contributed by atoms with Gasteiger partial charge in [0, 0.05) is 12.1 Å². The summed E-state index contributed by atoms with van der Waals surface area (Å²) in [7, 11) is 0. The van der Waals surface area contributed by atoms with E-state index in [1.165, 1.54) is 6.92 Å². The van der Waals surface area contributed by atoms with E-state index in [1.807, 2.05) is 0 Å². The first-order valence-corrected chi connectivity index (χ1v) is 4.17. The van der Waals surface area contributed by atoms with Gasteiger partial charge in [-0.05, 0) is 13.0 Å². The number of halogens is 1. The van der Waals surface area contributed by atoms with E-state index in [2.05, 4.69) is 0 Å². The van der Waals surface area contributed by atoms with Gasteiger partial charge in [-0.25, -0.2) is 4.39 Å². The van der Waals surface area contributed by atoms with Crippen molar-refractivity contribution >= 4 is 11.5 Å². The summed E-state index contributed by atoms with van der Waals surface area (Å²) < 4.78 is 13.1. The first-order valence-electron chi connectivity index (χ1n) is 4.17. The van der Waals surface area contributed by atoms with Crippen LogP contribution in [0.25, 0.3) is 0 Å². The highest BCUT2D eigenvalue weighted by molar-refractivity contribution is 6.00. The molecule has 0 heterocycles. The molecule has 1 unspecified atom stereocenters. The van der Waals surface area contributed by atoms with Gasteiger partial charge in [-0.2, -0.15) is 0 Å². The molecule has 0 aliphatic heterocycles. The zero-order valence-electron chi connectivity index (χ0n) is 7.94. The maximum absolute atomic E-state index is 13.1. The highest BCUT2D eigenvalue weighted by Gasteiger charge is 2.19. The summed E-state index contributed by atoms with van der Waals surface area (Å²) in [6.07, 6.45) is 0. The zero-order valence-corrected chi connectivity index (χ0v) is 7.94. The summed E-state index contributed by atoms with van der Waals surface area (Å²) in [4.78, 5) is 21.1. The van der Waals surface area contributed by atoms with Crippen LogP contribution in [0.15, 0.2) is 18.2 Å². The van der Waals surface area contributed by atoms with Gasteiger partial charge in [-0.3, -0.25) is 14.9 Å². The Morgan fingerprint density at radius 2 is 2.20 bits per heavy atom. The third kappa shape index (κ3) is 2.35. The second-order valence-corrected chi connectivity index (χ2v) is 3.07. The van der Waals surface area contributed by atoms with Gasteiger partial charge in [0.05, 0.1) is 16.5 Å². The van der Waals surface area contributed by atoms with Gasteiger partial charge in [0.15, 0.2) is 5.78 Å². The number of nitrogens with two attached hydrogens (primary N) is 1. The second kappa shape index (κ2) is 4.14. The van der Waals surface area contributed by atoms with E-state index in [1.54, 1.807) is 0 Å². The molecule has 15 heavy (non-hydrogen) atoms. The lowest BCUT2D eigenvalue weighted by molar-refractivity contribution is -0.384. The monoisotopic (exact) mass is 212 g/mol. The fourth-order valence-corrected chi connectivity index (χ4v) is 1.06. The lowest BCUT2D eigenvalue weighted by atomic mass is 10.0. The predicted molar refractivity (Wildman–Crippen MR) is 51.0 cm³/mol. The predicted octanol–water partition coefficient (Wildman–Crippen LogP) is 1.26. The minimum absolute atomic E-state index is 0.333. The van der Waals surface area contributed by atoms with Crippen LogP contribution in [0.2, 0.25) is 0 Å². The van der Waals surface area contributed by atoms with Gasteiger partial charge in [0.25, 0.3) is 5.69 Å². The van der Waals surface area contributed by atoms with Crippen LogP contribution in [0.5, 0.6) is 0 Å². The average molecular weight is 212 g/mol. The number of ketones is 1. The summed E-state index contributed by atoms with van der Waals surface area (Å²) in [6.45, 7) is 1.39. The third-order valence-electron chi connectivity index (χ3n) is 1.84. The molecule has 1 aromatic rings. The van der Waals surface area contributed by atoms with Crippen LogP contribution in [0.1, 0.15) is 17.3 Å². The average Bonchev–Trinajstić information content (AvgIpc) is 2.16. The maximum atomic E-state index is 13.1. The van der Waals surface area contributed by atoms with E-state index < -0.39 is 22.6 Å². The number of rotatable bonds is 3. The van der Waals surface area contributed by atoms with Crippen LogP contribution in [-0.4, -0.2) is 16.7 Å². The Balaban J connectivity index is 3.22. The van der Waals surface area contributed by atoms with Gasteiger partial charge in [-0.1, -0.05) is 0 Å². The number of non-ortho nitro benzene ring substituents is 1. The summed E-state index contributed by atoms with van der Waals surface area (Å²) in [5.74, 6) is -1.46. The van der Waals surface area contributed by atoms with E-state index in [-0.39, 0.29) is 11.3 Å². The first-order chi connectivity index (χ1) is 6.93. The standard InChI is InChI=1S/C9H9FN2O3/c1-5(11)9(13)7-4-6(12(14)15)2-3-8(7)10/h2-5H,11H2,1H3. The van der Waals surface area contributed by atoms with Gasteiger partial charge >= 0.3 is 0 Å². The Labute approximate surface area is 84.8 Å². The molecular formula is C9H9FN2O3. The molecule has 0 fully saturated rings. The SMILES string of the molecule is CC(N)C(=O)c1cc([N+](=O)[O-])ccc1F. The molecule has 0 radical (unpaired) electrons. The van der Waals surface area contributed by atoms with Gasteiger partial charge < -0.3 is 5.73 Å². The van der Waals surface area contributed by atoms with Crippen molar-refractivity contribution in [2.75, 3.05) is 0 Å². The van der Waals surface area contributed by atoms with E-state index >= 15 is 0 Å². The number of nitrogens with zero attached hydrogens (tertiary/aromatic N) is 1. The van der Waals surface area contributed by atoms with Crippen molar-refractivity contribution in [3.63, 3.8) is 0 Å². The van der Waals surface area contributed by atoms with Crippen molar-refractivity contribution in [2.45, 2.75) is 13.0 Å². The van der Waals surface area contributed by atoms with E-state index in [0.29, 0.717) is 0 Å². The van der Waals surface area contributed by atoms with Crippen molar-refractivity contribution in [3.05, 3.63) is 39.7 Å². The minimum atomic E-state index is -0.887. The number of carbonyl (C=O) groups is 1. The Bertz CT molecular complexity index is 418. The molecule has 1 atom stereocenters. The molecule has 0 spiro atoms. The van der Waals surface area contributed by atoms with E-state index in [4.69, 9.17) is 5.73 Å². The van der Waals surface area contributed by atoms with Crippen molar-refractivity contribution < 1.29 is 14.1 Å². The number of hydrogen-bond donors (Lipinski definition) is 1. The Morgan fingerprint density at radius 1 is 1.60 bits per heavy atom. The molecule has 6 heteroatoms. The van der Waals surface area contributed by atoms with Crippen molar-refractivity contribution in [3.8, 4) is 0 Å². The molecule has 0 aliphatic carbocycles. The number of nitro benzene ring substituents is 1. The zero-order chi connectivity index (χ0) is 11.6. The van der Waals surface area contributed by atoms with E-state index in [0.717, 1.165) is 18.2 Å². The third-order valence-corrected chi connectivity index (χ3v) is 1.84. The Morgan fingerprint density at radius 3 is 2.67 bits per heavy atom. The second-order valence-electron chi connectivity index (χ2n) is 3.07. The number of hydrogen-bond acceptors (Lipinski definition) is 4. The lowest BCUT2D eigenvalue weighted by Crippen LogP contribution is -2.27. The topological polar surface area (TPSA) is 86.2 Å². The fourth-order valence-electron chi connectivity index (χ4n) is 1.06. The molecule has 0 aromatic heterocycles. The van der Waals surface area contributed by atoms with Crippen LogP contribution < -0.4 is 5.73 Å².